The van der Waals surface area contributed by atoms with E-state index in [-0.39, 0.29) is 13.2 Å². The third-order valence-corrected chi connectivity index (χ3v) is 9.85. The molecule has 5 aromatic rings. The Morgan fingerprint density at radius 3 is 1.80 bits per heavy atom. The Bertz CT molecular complexity index is 1830. The molecule has 5 atom stereocenters. The van der Waals surface area contributed by atoms with E-state index in [4.69, 9.17) is 28.4 Å². The van der Waals surface area contributed by atoms with E-state index >= 15 is 0 Å². The van der Waals surface area contributed by atoms with Crippen LogP contribution >= 0.6 is 0 Å². The lowest BCUT2D eigenvalue weighted by atomic mass is 9.82. The summed E-state index contributed by atoms with van der Waals surface area (Å²) in [5.41, 5.74) is 6.06. The van der Waals surface area contributed by atoms with E-state index in [1.165, 1.54) is 0 Å². The minimum absolute atomic E-state index is 0.0987. The predicted octanol–water partition coefficient (Wildman–Crippen LogP) is 7.69. The van der Waals surface area contributed by atoms with Crippen LogP contribution in [0.5, 0.6) is 5.75 Å². The number of hydrogen-bond acceptors (Lipinski definition) is 7. The molecule has 2 saturated heterocycles. The maximum atomic E-state index is 11.2. The van der Waals surface area contributed by atoms with Crippen LogP contribution in [0.4, 0.5) is 0 Å². The Hall–Kier alpha value is -4.34. The van der Waals surface area contributed by atoms with E-state index < -0.39 is 29.7 Å². The van der Waals surface area contributed by atoms with Crippen molar-refractivity contribution in [2.24, 2.45) is 0 Å². The Kier molecular flexibility index (Phi) is 10.9. The van der Waals surface area contributed by atoms with Crippen LogP contribution in [-0.2, 0) is 55.7 Å². The number of aliphatic hydroxyl groups is 1. The van der Waals surface area contributed by atoms with E-state index in [0.717, 1.165) is 44.7 Å². The molecule has 51 heavy (non-hydrogen) atoms. The van der Waals surface area contributed by atoms with Crippen molar-refractivity contribution >= 4 is 0 Å². The third-order valence-electron chi connectivity index (χ3n) is 9.85. The quantitative estimate of drug-likeness (QED) is 0.121. The first-order valence-electron chi connectivity index (χ1n) is 17.8. The van der Waals surface area contributed by atoms with Crippen molar-refractivity contribution in [1.82, 2.24) is 0 Å². The molecule has 2 aliphatic heterocycles. The molecule has 0 amide bonds. The summed E-state index contributed by atoms with van der Waals surface area (Å²) in [4.78, 5) is 0. The van der Waals surface area contributed by atoms with Crippen molar-refractivity contribution in [2.45, 2.75) is 69.8 Å². The predicted molar refractivity (Wildman–Crippen MR) is 195 cm³/mol. The van der Waals surface area contributed by atoms with Crippen molar-refractivity contribution in [3.63, 3.8) is 0 Å². The monoisotopic (exact) mass is 686 g/mol. The van der Waals surface area contributed by atoms with E-state index in [1.54, 1.807) is 0 Å². The maximum Gasteiger partial charge on any atom is 0.225 e. The van der Waals surface area contributed by atoms with Gasteiger partial charge in [-0.05, 0) is 71.8 Å². The molecule has 7 nitrogen and oxygen atoms in total. The molecule has 5 aromatic carbocycles. The second kappa shape index (κ2) is 15.9. The van der Waals surface area contributed by atoms with Gasteiger partial charge in [-0.25, -0.2) is 0 Å². The van der Waals surface area contributed by atoms with Gasteiger partial charge in [0.25, 0.3) is 0 Å². The Morgan fingerprint density at radius 1 is 0.667 bits per heavy atom. The summed E-state index contributed by atoms with van der Waals surface area (Å²) in [6.45, 7) is 5.42. The Balaban J connectivity index is 1.28. The standard InChI is InChI=1S/C44H46O7/c1-3-46-39-23-20-33(21-24-39)25-37-26-38(22-19-32(37)2)44-42(49-29-36-17-11-6-12-18-36)40(47-27-34-13-7-4-8-14-34)41(43(30-45,51-44)31-50-44)48-28-35-15-9-5-10-16-35/h4-24,26,40-42,45H,3,25,27-31H2,1-2H3/t40-,41-,42?,43?,44?/m0/s1. The van der Waals surface area contributed by atoms with E-state index in [2.05, 4.69) is 31.2 Å². The molecule has 2 aliphatic rings. The largest absolute Gasteiger partial charge is 0.494 e. The summed E-state index contributed by atoms with van der Waals surface area (Å²) in [6.07, 6.45) is -1.43. The molecule has 264 valence electrons. The van der Waals surface area contributed by atoms with Crippen LogP contribution in [0.2, 0.25) is 0 Å². The van der Waals surface area contributed by atoms with E-state index in [1.807, 2.05) is 116 Å². The highest BCUT2D eigenvalue weighted by Gasteiger charge is 2.69. The molecule has 3 unspecified atom stereocenters. The molecule has 7 heteroatoms. The number of ether oxygens (including phenoxy) is 6. The van der Waals surface area contributed by atoms with Crippen LogP contribution in [0.1, 0.15) is 45.9 Å². The summed E-state index contributed by atoms with van der Waals surface area (Å²) in [7, 11) is 0. The summed E-state index contributed by atoms with van der Waals surface area (Å²) < 4.78 is 40.1. The van der Waals surface area contributed by atoms with Gasteiger partial charge in [0.2, 0.25) is 5.79 Å². The SMILES string of the molecule is CCOc1ccc(Cc2cc(C34OCC(CO)(O3)[C@@H](OCc3ccccc3)[C@H](OCc3ccccc3)C4OCc3ccccc3)ccc2C)cc1. The summed E-state index contributed by atoms with van der Waals surface area (Å²) in [6, 6.07) is 44.6. The zero-order valence-corrected chi connectivity index (χ0v) is 29.3. The van der Waals surface area contributed by atoms with Gasteiger partial charge in [-0.15, -0.1) is 0 Å². The van der Waals surface area contributed by atoms with Gasteiger partial charge in [0.05, 0.1) is 39.6 Å². The highest BCUT2D eigenvalue weighted by atomic mass is 16.8. The van der Waals surface area contributed by atoms with Crippen molar-refractivity contribution in [2.75, 3.05) is 19.8 Å². The van der Waals surface area contributed by atoms with Gasteiger partial charge in [0.1, 0.15) is 29.7 Å². The zero-order chi connectivity index (χ0) is 35.1. The molecular formula is C44H46O7. The van der Waals surface area contributed by atoms with Gasteiger partial charge in [0, 0.05) is 5.56 Å². The average Bonchev–Trinajstić information content (AvgIpc) is 3.54. The first kappa shape index (κ1) is 35.1. The zero-order valence-electron chi connectivity index (χ0n) is 29.3. The van der Waals surface area contributed by atoms with Crippen LogP contribution in [0.15, 0.2) is 133 Å². The van der Waals surface area contributed by atoms with Crippen LogP contribution in [0.3, 0.4) is 0 Å². The van der Waals surface area contributed by atoms with Gasteiger partial charge in [0.15, 0.2) is 0 Å². The third kappa shape index (κ3) is 7.65. The average molecular weight is 687 g/mol. The van der Waals surface area contributed by atoms with E-state index in [0.29, 0.717) is 32.8 Å². The fraction of sp³-hybridized carbons (Fsp3) is 0.318. The minimum Gasteiger partial charge on any atom is -0.494 e. The van der Waals surface area contributed by atoms with Crippen LogP contribution in [0.25, 0.3) is 0 Å². The molecule has 0 saturated carbocycles. The van der Waals surface area contributed by atoms with Gasteiger partial charge in [-0.3, -0.25) is 0 Å². The highest BCUT2D eigenvalue weighted by Crippen LogP contribution is 2.53. The van der Waals surface area contributed by atoms with Gasteiger partial charge in [-0.2, -0.15) is 0 Å². The summed E-state index contributed by atoms with van der Waals surface area (Å²) >= 11 is 0. The molecule has 0 spiro atoms. The normalized spacial score (nSPS) is 24.0. The van der Waals surface area contributed by atoms with Crippen molar-refractivity contribution < 1.29 is 33.5 Å². The lowest BCUT2D eigenvalue weighted by Crippen LogP contribution is -2.67. The molecule has 0 aliphatic carbocycles. The summed E-state index contributed by atoms with van der Waals surface area (Å²) in [5, 5.41) is 11.2. The first-order valence-corrected chi connectivity index (χ1v) is 17.8. The number of aliphatic hydroxyl groups excluding tert-OH is 1. The van der Waals surface area contributed by atoms with Gasteiger partial charge >= 0.3 is 0 Å². The molecular weight excluding hydrogens is 640 g/mol. The molecule has 2 fully saturated rings. The van der Waals surface area contributed by atoms with Crippen molar-refractivity contribution in [3.05, 3.63) is 172 Å². The lowest BCUT2D eigenvalue weighted by molar-refractivity contribution is -0.353. The molecule has 2 bridgehead atoms. The van der Waals surface area contributed by atoms with Gasteiger partial charge in [-0.1, -0.05) is 115 Å². The number of benzene rings is 5. The molecule has 0 aromatic heterocycles. The first-order chi connectivity index (χ1) is 25.0. The lowest BCUT2D eigenvalue weighted by Gasteiger charge is -2.50. The van der Waals surface area contributed by atoms with Crippen LogP contribution in [-0.4, -0.2) is 48.8 Å². The fourth-order valence-corrected chi connectivity index (χ4v) is 7.10. The number of fused-ring (bicyclic) bond motifs is 2. The second-order valence-corrected chi connectivity index (χ2v) is 13.4. The van der Waals surface area contributed by atoms with Crippen molar-refractivity contribution in [1.29, 1.82) is 0 Å². The molecule has 1 N–H and O–H groups in total. The molecule has 0 radical (unpaired) electrons. The Morgan fingerprint density at radius 2 is 1.24 bits per heavy atom. The molecule has 2 heterocycles. The number of aryl methyl sites for hydroxylation is 1. The van der Waals surface area contributed by atoms with E-state index in [9.17, 15) is 5.11 Å². The van der Waals surface area contributed by atoms with Gasteiger partial charge < -0.3 is 33.5 Å². The van der Waals surface area contributed by atoms with Crippen molar-refractivity contribution in [3.8, 4) is 5.75 Å². The maximum absolute atomic E-state index is 11.2. The summed E-state index contributed by atoms with van der Waals surface area (Å²) in [5.74, 6) is -0.530. The number of hydrogen-bond donors (Lipinski definition) is 1. The van der Waals surface area contributed by atoms with Crippen LogP contribution in [0, 0.1) is 6.92 Å². The molecule has 7 rings (SSSR count). The fourth-order valence-electron chi connectivity index (χ4n) is 7.10. The highest BCUT2D eigenvalue weighted by molar-refractivity contribution is 5.40. The van der Waals surface area contributed by atoms with Crippen LogP contribution < -0.4 is 4.74 Å². The minimum atomic E-state index is -1.38. The second-order valence-electron chi connectivity index (χ2n) is 13.4. The topological polar surface area (TPSA) is 75.6 Å². The number of rotatable bonds is 15. The smallest absolute Gasteiger partial charge is 0.225 e. The Labute approximate surface area is 300 Å².